The number of esters is 1. The zero-order valence-corrected chi connectivity index (χ0v) is 16.7. The largest absolute Gasteiger partial charge is 0.465 e. The van der Waals surface area contributed by atoms with Gasteiger partial charge in [-0.2, -0.15) is 4.31 Å². The summed E-state index contributed by atoms with van der Waals surface area (Å²) in [7, 11) is -4.80. The highest BCUT2D eigenvalue weighted by atomic mass is 32.2. The van der Waals surface area contributed by atoms with Crippen molar-refractivity contribution in [2.45, 2.75) is 76.8 Å². The standard InChI is InChI=1S/C16H31NO4SSi/c1-5-21-16(18)15-14(13-9-7-6-8-10-13)17(15)22(19,20)11-12-23(2,3)4/h13-15H,5-12H2,1-4H3. The number of carbonyl (C=O) groups is 1. The van der Waals surface area contributed by atoms with Gasteiger partial charge in [-0.25, -0.2) is 8.42 Å². The normalized spacial score (nSPS) is 29.3. The molecule has 0 N–H and O–H groups in total. The molecule has 3 unspecified atom stereocenters. The fraction of sp³-hybridized carbons (Fsp3) is 0.938. The highest BCUT2D eigenvalue weighted by Gasteiger charge is 2.62. The molecular formula is C16H31NO4SSi. The molecule has 23 heavy (non-hydrogen) atoms. The van der Waals surface area contributed by atoms with Gasteiger partial charge < -0.3 is 4.74 Å². The smallest absolute Gasteiger partial charge is 0.326 e. The zero-order valence-electron chi connectivity index (χ0n) is 14.9. The van der Waals surface area contributed by atoms with E-state index in [2.05, 4.69) is 19.6 Å². The van der Waals surface area contributed by atoms with Gasteiger partial charge in [0.2, 0.25) is 10.0 Å². The van der Waals surface area contributed by atoms with Crippen LogP contribution in [0.4, 0.5) is 0 Å². The topological polar surface area (TPSA) is 63.5 Å². The van der Waals surface area contributed by atoms with Crippen molar-refractivity contribution in [2.75, 3.05) is 12.4 Å². The molecule has 0 spiro atoms. The highest BCUT2D eigenvalue weighted by molar-refractivity contribution is 7.89. The summed E-state index contributed by atoms with van der Waals surface area (Å²) in [5.74, 6) is 0.126. The number of hydrogen-bond donors (Lipinski definition) is 0. The van der Waals surface area contributed by atoms with Gasteiger partial charge >= 0.3 is 5.97 Å². The number of hydrogen-bond acceptors (Lipinski definition) is 4. The first-order chi connectivity index (χ1) is 10.7. The van der Waals surface area contributed by atoms with E-state index in [1.54, 1.807) is 6.92 Å². The second-order valence-electron chi connectivity index (χ2n) is 8.04. The van der Waals surface area contributed by atoms with E-state index in [-0.39, 0.29) is 17.8 Å². The number of rotatable bonds is 7. The molecule has 2 fully saturated rings. The summed E-state index contributed by atoms with van der Waals surface area (Å²) < 4.78 is 32.1. The molecule has 0 aromatic rings. The van der Waals surface area contributed by atoms with Crippen LogP contribution in [-0.4, -0.2) is 51.2 Å². The first-order valence-corrected chi connectivity index (χ1v) is 14.2. The van der Waals surface area contributed by atoms with E-state index in [4.69, 9.17) is 4.74 Å². The fourth-order valence-electron chi connectivity index (χ4n) is 3.54. The predicted octanol–water partition coefficient (Wildman–Crippen LogP) is 2.85. The van der Waals surface area contributed by atoms with Crippen LogP contribution in [0.1, 0.15) is 39.0 Å². The van der Waals surface area contributed by atoms with Crippen LogP contribution >= 0.6 is 0 Å². The van der Waals surface area contributed by atoms with Crippen LogP contribution in [0.3, 0.4) is 0 Å². The van der Waals surface area contributed by atoms with Crippen LogP contribution in [-0.2, 0) is 19.6 Å². The van der Waals surface area contributed by atoms with E-state index in [1.165, 1.54) is 10.7 Å². The second-order valence-corrected chi connectivity index (χ2v) is 15.7. The Morgan fingerprint density at radius 1 is 1.17 bits per heavy atom. The minimum atomic E-state index is -3.36. The fourth-order valence-corrected chi connectivity index (χ4v) is 8.39. The third-order valence-corrected chi connectivity index (χ3v) is 8.84. The molecule has 1 saturated heterocycles. The van der Waals surface area contributed by atoms with Crippen LogP contribution < -0.4 is 0 Å². The number of nitrogens with zero attached hydrogens (tertiary/aromatic N) is 1. The van der Waals surface area contributed by atoms with Gasteiger partial charge in [-0.1, -0.05) is 38.9 Å². The Bertz CT molecular complexity index is 523. The number of ether oxygens (including phenoxy) is 1. The maximum Gasteiger partial charge on any atom is 0.326 e. The molecule has 3 atom stereocenters. The zero-order chi connectivity index (χ0) is 17.3. The Kier molecular flexibility index (Phi) is 5.95. The molecule has 1 aliphatic heterocycles. The summed E-state index contributed by atoms with van der Waals surface area (Å²) in [5, 5.41) is 0. The van der Waals surface area contributed by atoms with Crippen molar-refractivity contribution in [1.29, 1.82) is 0 Å². The predicted molar refractivity (Wildman–Crippen MR) is 94.6 cm³/mol. The lowest BCUT2D eigenvalue weighted by Crippen LogP contribution is -2.29. The molecule has 0 aromatic heterocycles. The summed E-state index contributed by atoms with van der Waals surface area (Å²) in [5.41, 5.74) is 0. The molecule has 134 valence electrons. The van der Waals surface area contributed by atoms with Crippen molar-refractivity contribution in [3.05, 3.63) is 0 Å². The maximum absolute atomic E-state index is 12.8. The second kappa shape index (κ2) is 7.23. The Labute approximate surface area is 141 Å². The Morgan fingerprint density at radius 2 is 1.78 bits per heavy atom. The molecule has 0 radical (unpaired) electrons. The summed E-state index contributed by atoms with van der Waals surface area (Å²) in [6.07, 6.45) is 5.55. The average Bonchev–Trinajstić information content (AvgIpc) is 3.22. The molecule has 1 heterocycles. The molecule has 1 saturated carbocycles. The summed E-state index contributed by atoms with van der Waals surface area (Å²) in [6, 6.07) is 0.0179. The summed E-state index contributed by atoms with van der Waals surface area (Å²) >= 11 is 0. The van der Waals surface area contributed by atoms with E-state index >= 15 is 0 Å². The van der Waals surface area contributed by atoms with E-state index in [0.29, 0.717) is 12.5 Å². The first-order valence-electron chi connectivity index (χ1n) is 8.85. The lowest BCUT2D eigenvalue weighted by atomic mass is 9.86. The quantitative estimate of drug-likeness (QED) is 0.397. The van der Waals surface area contributed by atoms with Crippen molar-refractivity contribution < 1.29 is 17.9 Å². The molecule has 1 aliphatic carbocycles. The van der Waals surface area contributed by atoms with Crippen LogP contribution in [0.25, 0.3) is 0 Å². The van der Waals surface area contributed by atoms with Gasteiger partial charge in [0.05, 0.1) is 18.4 Å². The Balaban J connectivity index is 2.11. The average molecular weight is 362 g/mol. The minimum absolute atomic E-state index is 0.152. The van der Waals surface area contributed by atoms with Gasteiger partial charge in [0.1, 0.15) is 6.04 Å². The monoisotopic (exact) mass is 361 g/mol. The molecule has 0 aromatic carbocycles. The van der Waals surface area contributed by atoms with E-state index < -0.39 is 24.1 Å². The maximum atomic E-state index is 12.8. The van der Waals surface area contributed by atoms with Gasteiger partial charge in [0, 0.05) is 8.07 Å². The molecule has 2 rings (SSSR count). The lowest BCUT2D eigenvalue weighted by Gasteiger charge is -2.21. The molecule has 7 heteroatoms. The van der Waals surface area contributed by atoms with E-state index in [9.17, 15) is 13.2 Å². The van der Waals surface area contributed by atoms with Crippen molar-refractivity contribution in [1.82, 2.24) is 4.31 Å². The first kappa shape index (κ1) is 18.9. The van der Waals surface area contributed by atoms with Crippen molar-refractivity contribution in [3.8, 4) is 0 Å². The van der Waals surface area contributed by atoms with Crippen molar-refractivity contribution in [2.24, 2.45) is 5.92 Å². The third-order valence-electron chi connectivity index (χ3n) is 4.89. The lowest BCUT2D eigenvalue weighted by molar-refractivity contribution is -0.143. The van der Waals surface area contributed by atoms with Gasteiger partial charge in [-0.15, -0.1) is 0 Å². The SMILES string of the molecule is CCOC(=O)C1C(C2CCCCC2)N1S(=O)(=O)CC[Si](C)(C)C. The van der Waals surface area contributed by atoms with E-state index in [0.717, 1.165) is 31.7 Å². The van der Waals surface area contributed by atoms with E-state index in [1.807, 2.05) is 0 Å². The number of carbonyl (C=O) groups excluding carboxylic acids is 1. The van der Waals surface area contributed by atoms with Crippen molar-refractivity contribution >= 4 is 24.1 Å². The Morgan fingerprint density at radius 3 is 2.30 bits per heavy atom. The molecule has 5 nitrogen and oxygen atoms in total. The summed E-state index contributed by atoms with van der Waals surface area (Å²) in [4.78, 5) is 12.2. The van der Waals surface area contributed by atoms with Gasteiger partial charge in [0.25, 0.3) is 0 Å². The summed E-state index contributed by atoms with van der Waals surface area (Å²) in [6.45, 7) is 8.58. The van der Waals surface area contributed by atoms with Gasteiger partial charge in [0.15, 0.2) is 0 Å². The molecule has 0 amide bonds. The van der Waals surface area contributed by atoms with Crippen LogP contribution in [0.15, 0.2) is 0 Å². The van der Waals surface area contributed by atoms with Crippen LogP contribution in [0.5, 0.6) is 0 Å². The number of sulfonamides is 1. The third kappa shape index (κ3) is 4.79. The Hall–Kier alpha value is -0.403. The van der Waals surface area contributed by atoms with Gasteiger partial charge in [-0.05, 0) is 31.7 Å². The van der Waals surface area contributed by atoms with Crippen LogP contribution in [0.2, 0.25) is 25.7 Å². The molecule has 0 bridgehead atoms. The van der Waals surface area contributed by atoms with Gasteiger partial charge in [-0.3, -0.25) is 4.79 Å². The molecular weight excluding hydrogens is 330 g/mol. The molecule has 2 aliphatic rings. The highest BCUT2D eigenvalue weighted by Crippen LogP contribution is 2.44. The van der Waals surface area contributed by atoms with Crippen molar-refractivity contribution in [3.63, 3.8) is 0 Å². The van der Waals surface area contributed by atoms with Crippen LogP contribution in [0, 0.1) is 5.92 Å². The minimum Gasteiger partial charge on any atom is -0.465 e.